The maximum absolute atomic E-state index is 12.5. The number of rotatable bonds is 5. The molecule has 1 aliphatic heterocycles. The number of hydrogen-bond acceptors (Lipinski definition) is 3. The van der Waals surface area contributed by atoms with E-state index in [0.29, 0.717) is 12.5 Å². The molecule has 0 spiro atoms. The summed E-state index contributed by atoms with van der Waals surface area (Å²) in [6.45, 7) is 4.74. The van der Waals surface area contributed by atoms with Crippen molar-refractivity contribution in [1.29, 1.82) is 0 Å². The molecule has 0 unspecified atom stereocenters. The Kier molecular flexibility index (Phi) is 5.46. The molecule has 2 atom stereocenters. The molecular formula is C21H23N3O2. The molecule has 0 radical (unpaired) electrons. The van der Waals surface area contributed by atoms with Gasteiger partial charge >= 0.3 is 0 Å². The molecule has 0 aliphatic carbocycles. The number of amides is 2. The van der Waals surface area contributed by atoms with E-state index in [1.807, 2.05) is 54.6 Å². The lowest BCUT2D eigenvalue weighted by molar-refractivity contribution is -0.133. The average Bonchev–Trinajstić information content (AvgIpc) is 3.04. The fraction of sp³-hybridized carbons (Fsp3) is 0.286. The molecule has 2 amide bonds. The van der Waals surface area contributed by atoms with Crippen LogP contribution in [0, 0.1) is 5.92 Å². The molecule has 5 heteroatoms. The van der Waals surface area contributed by atoms with Gasteiger partial charge in [-0.25, -0.2) is 5.43 Å². The lowest BCUT2D eigenvalue weighted by atomic mass is 9.88. The predicted molar refractivity (Wildman–Crippen MR) is 102 cm³/mol. The normalized spacial score (nSPS) is 19.7. The van der Waals surface area contributed by atoms with Crippen LogP contribution in [0.4, 0.5) is 0 Å². The van der Waals surface area contributed by atoms with Gasteiger partial charge in [0.1, 0.15) is 5.92 Å². The van der Waals surface area contributed by atoms with E-state index in [4.69, 9.17) is 0 Å². The summed E-state index contributed by atoms with van der Waals surface area (Å²) in [6, 6.07) is 17.6. The summed E-state index contributed by atoms with van der Waals surface area (Å²) in [5, 5.41) is 6.79. The zero-order valence-electron chi connectivity index (χ0n) is 15.0. The number of hydrazone groups is 1. The molecule has 26 heavy (non-hydrogen) atoms. The minimum atomic E-state index is -0.766. The molecule has 0 aromatic heterocycles. The molecule has 2 aromatic rings. The first-order valence-corrected chi connectivity index (χ1v) is 8.82. The van der Waals surface area contributed by atoms with Crippen molar-refractivity contribution in [3.8, 4) is 0 Å². The summed E-state index contributed by atoms with van der Waals surface area (Å²) in [5.74, 6) is -1.12. The summed E-state index contributed by atoms with van der Waals surface area (Å²) < 4.78 is 0. The Morgan fingerprint density at radius 3 is 2.50 bits per heavy atom. The monoisotopic (exact) mass is 349 g/mol. The van der Waals surface area contributed by atoms with E-state index >= 15 is 0 Å². The predicted octanol–water partition coefficient (Wildman–Crippen LogP) is 2.79. The zero-order chi connectivity index (χ0) is 18.5. The zero-order valence-corrected chi connectivity index (χ0v) is 15.0. The number of hydrogen-bond donors (Lipinski definition) is 2. The van der Waals surface area contributed by atoms with Gasteiger partial charge in [-0.15, -0.1) is 0 Å². The van der Waals surface area contributed by atoms with Crippen molar-refractivity contribution in [3.05, 3.63) is 71.3 Å². The highest BCUT2D eigenvalue weighted by Crippen LogP contribution is 2.28. The van der Waals surface area contributed by atoms with Crippen LogP contribution in [-0.4, -0.2) is 24.6 Å². The van der Waals surface area contributed by atoms with Gasteiger partial charge in [-0.3, -0.25) is 9.59 Å². The van der Waals surface area contributed by atoms with E-state index in [0.717, 1.165) is 11.1 Å². The second kappa shape index (κ2) is 7.95. The quantitative estimate of drug-likeness (QED) is 0.495. The SMILES string of the molecule is CC(C)c1ccc(C=NNC(=O)[C@H]2C(=O)NC[C@@H]2c2ccccc2)cc1. The second-order valence-corrected chi connectivity index (χ2v) is 6.80. The third kappa shape index (κ3) is 3.99. The number of nitrogens with zero attached hydrogens (tertiary/aromatic N) is 1. The third-order valence-electron chi connectivity index (χ3n) is 4.68. The van der Waals surface area contributed by atoms with Gasteiger partial charge in [-0.05, 0) is 22.6 Å². The molecule has 1 aliphatic rings. The van der Waals surface area contributed by atoms with Crippen LogP contribution in [-0.2, 0) is 9.59 Å². The highest BCUT2D eigenvalue weighted by molar-refractivity contribution is 6.03. The van der Waals surface area contributed by atoms with Crippen molar-refractivity contribution in [1.82, 2.24) is 10.7 Å². The van der Waals surface area contributed by atoms with Crippen LogP contribution < -0.4 is 10.7 Å². The molecule has 2 N–H and O–H groups in total. The molecule has 1 heterocycles. The van der Waals surface area contributed by atoms with Crippen LogP contribution in [0.15, 0.2) is 59.7 Å². The minimum absolute atomic E-state index is 0.177. The fourth-order valence-corrected chi connectivity index (χ4v) is 3.14. The summed E-state index contributed by atoms with van der Waals surface area (Å²) in [4.78, 5) is 24.6. The summed E-state index contributed by atoms with van der Waals surface area (Å²) in [6.07, 6.45) is 1.59. The molecule has 1 saturated heterocycles. The molecular weight excluding hydrogens is 326 g/mol. The van der Waals surface area contributed by atoms with Gasteiger partial charge in [0.2, 0.25) is 5.91 Å². The van der Waals surface area contributed by atoms with Gasteiger partial charge in [0.15, 0.2) is 0 Å². The Morgan fingerprint density at radius 1 is 1.15 bits per heavy atom. The van der Waals surface area contributed by atoms with Crippen LogP contribution in [0.3, 0.4) is 0 Å². The Hall–Kier alpha value is -2.95. The van der Waals surface area contributed by atoms with Gasteiger partial charge in [-0.2, -0.15) is 5.10 Å². The summed E-state index contributed by atoms with van der Waals surface area (Å²) in [5.41, 5.74) is 5.63. The maximum Gasteiger partial charge on any atom is 0.253 e. The van der Waals surface area contributed by atoms with Crippen molar-refractivity contribution in [2.45, 2.75) is 25.7 Å². The number of carbonyl (C=O) groups is 2. The summed E-state index contributed by atoms with van der Waals surface area (Å²) >= 11 is 0. The van der Waals surface area contributed by atoms with Crippen LogP contribution >= 0.6 is 0 Å². The van der Waals surface area contributed by atoms with Crippen molar-refractivity contribution in [2.75, 3.05) is 6.54 Å². The molecule has 5 nitrogen and oxygen atoms in total. The highest BCUT2D eigenvalue weighted by atomic mass is 16.2. The summed E-state index contributed by atoms with van der Waals surface area (Å²) in [7, 11) is 0. The van der Waals surface area contributed by atoms with E-state index < -0.39 is 5.92 Å². The van der Waals surface area contributed by atoms with Crippen LogP contribution in [0.2, 0.25) is 0 Å². The van der Waals surface area contributed by atoms with E-state index in [-0.39, 0.29) is 17.7 Å². The van der Waals surface area contributed by atoms with Crippen molar-refractivity contribution in [2.24, 2.45) is 11.0 Å². The lowest BCUT2D eigenvalue weighted by Gasteiger charge is -2.15. The van der Waals surface area contributed by atoms with Crippen molar-refractivity contribution >= 4 is 18.0 Å². The van der Waals surface area contributed by atoms with Crippen molar-refractivity contribution in [3.63, 3.8) is 0 Å². The Balaban J connectivity index is 1.65. The largest absolute Gasteiger partial charge is 0.355 e. The first-order chi connectivity index (χ1) is 12.6. The first-order valence-electron chi connectivity index (χ1n) is 8.82. The van der Waals surface area contributed by atoms with Crippen LogP contribution in [0.5, 0.6) is 0 Å². The minimum Gasteiger partial charge on any atom is -0.355 e. The fourth-order valence-electron chi connectivity index (χ4n) is 3.14. The first kappa shape index (κ1) is 17.9. The van der Waals surface area contributed by atoms with Crippen LogP contribution in [0.25, 0.3) is 0 Å². The lowest BCUT2D eigenvalue weighted by Crippen LogP contribution is -2.34. The van der Waals surface area contributed by atoms with Gasteiger partial charge in [0.05, 0.1) is 6.21 Å². The number of carbonyl (C=O) groups excluding carboxylic acids is 2. The van der Waals surface area contributed by atoms with E-state index in [2.05, 4.69) is 29.7 Å². The standard InChI is InChI=1S/C21H23N3O2/c1-14(2)16-10-8-15(9-11-16)12-23-24-21(26)19-18(13-22-20(19)25)17-6-4-3-5-7-17/h3-12,14,18-19H,13H2,1-2H3,(H,22,25)(H,24,26)/t18-,19-/m1/s1. The van der Waals surface area contributed by atoms with Gasteiger partial charge in [0.25, 0.3) is 5.91 Å². The number of benzene rings is 2. The molecule has 3 rings (SSSR count). The smallest absolute Gasteiger partial charge is 0.253 e. The second-order valence-electron chi connectivity index (χ2n) is 6.80. The number of nitrogens with one attached hydrogen (secondary N) is 2. The molecule has 0 bridgehead atoms. The van der Waals surface area contributed by atoms with E-state index in [9.17, 15) is 9.59 Å². The third-order valence-corrected chi connectivity index (χ3v) is 4.68. The van der Waals surface area contributed by atoms with Crippen molar-refractivity contribution < 1.29 is 9.59 Å². The van der Waals surface area contributed by atoms with Gasteiger partial charge in [-0.1, -0.05) is 68.4 Å². The van der Waals surface area contributed by atoms with Gasteiger partial charge < -0.3 is 5.32 Å². The average molecular weight is 349 g/mol. The highest BCUT2D eigenvalue weighted by Gasteiger charge is 2.40. The molecule has 134 valence electrons. The Bertz CT molecular complexity index is 798. The van der Waals surface area contributed by atoms with E-state index in [1.54, 1.807) is 6.21 Å². The Morgan fingerprint density at radius 2 is 1.85 bits per heavy atom. The van der Waals surface area contributed by atoms with E-state index in [1.165, 1.54) is 5.56 Å². The maximum atomic E-state index is 12.5. The molecule has 2 aromatic carbocycles. The molecule has 1 fully saturated rings. The van der Waals surface area contributed by atoms with Gasteiger partial charge in [0, 0.05) is 12.5 Å². The molecule has 0 saturated carbocycles. The topological polar surface area (TPSA) is 70.6 Å². The Labute approximate surface area is 153 Å². The van der Waals surface area contributed by atoms with Crippen LogP contribution in [0.1, 0.15) is 42.4 Å².